The maximum Gasteiger partial charge on any atom is 0.306 e. The molecular weight excluding hydrogens is 396 g/mol. The highest BCUT2D eigenvalue weighted by molar-refractivity contribution is 7.91. The van der Waals surface area contributed by atoms with Crippen molar-refractivity contribution in [2.45, 2.75) is 44.6 Å². The molecule has 1 atom stereocenters. The standard InChI is InChI=1S/C20H26N2O6S/c23-18(12-28-19(24)11-14-9-10-29(26,27)13-14)22-17-8-4-3-7-16(17)20(25)21-15-5-1-2-6-15/h3-4,7-8,14-15H,1-2,5-6,9-13H2,(H,21,25)(H,22,23)/t14-/m1/s1. The number of amides is 2. The van der Waals surface area contributed by atoms with E-state index in [2.05, 4.69) is 10.6 Å². The van der Waals surface area contributed by atoms with Gasteiger partial charge in [-0.15, -0.1) is 0 Å². The van der Waals surface area contributed by atoms with Crippen LogP contribution in [0.5, 0.6) is 0 Å². The number of esters is 1. The molecule has 1 aliphatic heterocycles. The lowest BCUT2D eigenvalue weighted by Gasteiger charge is -2.15. The zero-order chi connectivity index (χ0) is 20.9. The molecule has 0 aromatic heterocycles. The number of ether oxygens (including phenoxy) is 1. The summed E-state index contributed by atoms with van der Waals surface area (Å²) in [6.45, 7) is -0.489. The molecule has 8 nitrogen and oxygen atoms in total. The van der Waals surface area contributed by atoms with E-state index in [1.165, 1.54) is 0 Å². The van der Waals surface area contributed by atoms with Crippen LogP contribution in [-0.2, 0) is 24.2 Å². The smallest absolute Gasteiger partial charge is 0.306 e. The van der Waals surface area contributed by atoms with E-state index in [9.17, 15) is 22.8 Å². The number of para-hydroxylation sites is 1. The second-order valence-corrected chi connectivity index (χ2v) is 9.91. The Hall–Kier alpha value is -2.42. The summed E-state index contributed by atoms with van der Waals surface area (Å²) in [5.41, 5.74) is 0.709. The summed E-state index contributed by atoms with van der Waals surface area (Å²) < 4.78 is 27.8. The average Bonchev–Trinajstić information content (AvgIpc) is 3.29. The fraction of sp³-hybridized carbons (Fsp3) is 0.550. The first kappa shape index (κ1) is 21.3. The van der Waals surface area contributed by atoms with Crippen LogP contribution in [0.25, 0.3) is 0 Å². The monoisotopic (exact) mass is 422 g/mol. The number of hydrogen-bond donors (Lipinski definition) is 2. The maximum atomic E-state index is 12.5. The van der Waals surface area contributed by atoms with Crippen molar-refractivity contribution < 1.29 is 27.5 Å². The summed E-state index contributed by atoms with van der Waals surface area (Å²) in [5, 5.41) is 5.59. The Morgan fingerprint density at radius 1 is 1.07 bits per heavy atom. The molecular formula is C20H26N2O6S. The van der Waals surface area contributed by atoms with Crippen LogP contribution in [0, 0.1) is 5.92 Å². The molecule has 2 amide bonds. The quantitative estimate of drug-likeness (QED) is 0.645. The third-order valence-corrected chi connectivity index (χ3v) is 7.12. The van der Waals surface area contributed by atoms with Gasteiger partial charge in [0.1, 0.15) is 0 Å². The summed E-state index contributed by atoms with van der Waals surface area (Å²) >= 11 is 0. The Morgan fingerprint density at radius 3 is 2.48 bits per heavy atom. The number of benzene rings is 1. The van der Waals surface area contributed by atoms with E-state index < -0.39 is 28.3 Å². The van der Waals surface area contributed by atoms with Gasteiger partial charge in [-0.05, 0) is 37.3 Å². The highest BCUT2D eigenvalue weighted by Gasteiger charge is 2.30. The van der Waals surface area contributed by atoms with Gasteiger partial charge < -0.3 is 15.4 Å². The van der Waals surface area contributed by atoms with Crippen LogP contribution in [0.15, 0.2) is 24.3 Å². The Labute approximate surface area is 170 Å². The van der Waals surface area contributed by atoms with Gasteiger partial charge >= 0.3 is 5.97 Å². The summed E-state index contributed by atoms with van der Waals surface area (Å²) in [4.78, 5) is 36.6. The number of nitrogens with one attached hydrogen (secondary N) is 2. The Bertz CT molecular complexity index is 877. The third-order valence-electron chi connectivity index (χ3n) is 5.28. The minimum absolute atomic E-state index is 0.0161. The molecule has 0 unspecified atom stereocenters. The molecule has 2 N–H and O–H groups in total. The van der Waals surface area contributed by atoms with Gasteiger partial charge in [-0.3, -0.25) is 14.4 Å². The van der Waals surface area contributed by atoms with Crippen LogP contribution < -0.4 is 10.6 Å². The van der Waals surface area contributed by atoms with Crippen LogP contribution >= 0.6 is 0 Å². The topological polar surface area (TPSA) is 119 Å². The van der Waals surface area contributed by atoms with Crippen LogP contribution in [0.1, 0.15) is 48.9 Å². The Balaban J connectivity index is 1.49. The predicted molar refractivity (Wildman–Crippen MR) is 107 cm³/mol. The van der Waals surface area contributed by atoms with E-state index >= 15 is 0 Å². The first-order valence-corrected chi connectivity index (χ1v) is 11.7. The molecule has 2 aliphatic rings. The minimum Gasteiger partial charge on any atom is -0.456 e. The molecule has 1 saturated heterocycles. The predicted octanol–water partition coefficient (Wildman–Crippen LogP) is 1.67. The van der Waals surface area contributed by atoms with Crippen LogP contribution in [0.3, 0.4) is 0 Å². The molecule has 3 rings (SSSR count). The summed E-state index contributed by atoms with van der Waals surface area (Å²) in [6, 6.07) is 6.83. The van der Waals surface area contributed by atoms with E-state index in [4.69, 9.17) is 4.74 Å². The van der Waals surface area contributed by atoms with Gasteiger partial charge in [0, 0.05) is 12.5 Å². The summed E-state index contributed by atoms with van der Waals surface area (Å²) in [7, 11) is -3.06. The van der Waals surface area contributed by atoms with Gasteiger partial charge in [0.2, 0.25) is 0 Å². The number of rotatable bonds is 7. The van der Waals surface area contributed by atoms with E-state index in [0.29, 0.717) is 17.7 Å². The van der Waals surface area contributed by atoms with Crippen molar-refractivity contribution in [3.05, 3.63) is 29.8 Å². The van der Waals surface area contributed by atoms with E-state index in [0.717, 1.165) is 25.7 Å². The highest BCUT2D eigenvalue weighted by atomic mass is 32.2. The maximum absolute atomic E-state index is 12.5. The van der Waals surface area contributed by atoms with Crippen molar-refractivity contribution >= 4 is 33.3 Å². The van der Waals surface area contributed by atoms with Gasteiger partial charge in [-0.25, -0.2) is 8.42 Å². The fourth-order valence-corrected chi connectivity index (χ4v) is 5.65. The second kappa shape index (κ2) is 9.39. The molecule has 1 saturated carbocycles. The zero-order valence-corrected chi connectivity index (χ0v) is 17.0. The SMILES string of the molecule is O=C(COC(=O)C[C@H]1CCS(=O)(=O)C1)Nc1ccccc1C(=O)NC1CCCC1. The molecule has 0 spiro atoms. The number of hydrogen-bond acceptors (Lipinski definition) is 6. The molecule has 1 heterocycles. The Kier molecular flexibility index (Phi) is 6.89. The van der Waals surface area contributed by atoms with Crippen LogP contribution in [-0.4, -0.2) is 50.4 Å². The molecule has 1 aliphatic carbocycles. The number of carbonyl (C=O) groups excluding carboxylic acids is 3. The zero-order valence-electron chi connectivity index (χ0n) is 16.2. The molecule has 29 heavy (non-hydrogen) atoms. The van der Waals surface area contributed by atoms with Gasteiger partial charge in [0.15, 0.2) is 16.4 Å². The van der Waals surface area contributed by atoms with Crippen molar-refractivity contribution in [2.75, 3.05) is 23.4 Å². The molecule has 2 fully saturated rings. The summed E-state index contributed by atoms with van der Waals surface area (Å²) in [6.07, 6.45) is 4.53. The van der Waals surface area contributed by atoms with Crippen molar-refractivity contribution in [2.24, 2.45) is 5.92 Å². The van der Waals surface area contributed by atoms with Crippen LogP contribution in [0.2, 0.25) is 0 Å². The number of anilines is 1. The normalized spacial score (nSPS) is 20.9. The van der Waals surface area contributed by atoms with Crippen molar-refractivity contribution in [1.29, 1.82) is 0 Å². The minimum atomic E-state index is -3.06. The molecule has 0 radical (unpaired) electrons. The molecule has 1 aromatic rings. The molecule has 158 valence electrons. The van der Waals surface area contributed by atoms with Crippen LogP contribution in [0.4, 0.5) is 5.69 Å². The number of carbonyl (C=O) groups is 3. The van der Waals surface area contributed by atoms with Gasteiger partial charge in [0.25, 0.3) is 11.8 Å². The van der Waals surface area contributed by atoms with Gasteiger partial charge in [-0.2, -0.15) is 0 Å². The highest BCUT2D eigenvalue weighted by Crippen LogP contribution is 2.22. The lowest BCUT2D eigenvalue weighted by Crippen LogP contribution is -2.33. The van der Waals surface area contributed by atoms with Crippen molar-refractivity contribution in [1.82, 2.24) is 5.32 Å². The van der Waals surface area contributed by atoms with Gasteiger partial charge in [0.05, 0.1) is 22.8 Å². The van der Waals surface area contributed by atoms with E-state index in [1.54, 1.807) is 24.3 Å². The lowest BCUT2D eigenvalue weighted by atomic mass is 10.1. The van der Waals surface area contributed by atoms with E-state index in [1.807, 2.05) is 0 Å². The first-order chi connectivity index (χ1) is 13.8. The average molecular weight is 423 g/mol. The third kappa shape index (κ3) is 6.28. The first-order valence-electron chi connectivity index (χ1n) is 9.88. The molecule has 1 aromatic carbocycles. The number of sulfone groups is 1. The second-order valence-electron chi connectivity index (χ2n) is 7.68. The fourth-order valence-electron chi connectivity index (χ4n) is 3.78. The molecule has 9 heteroatoms. The van der Waals surface area contributed by atoms with Crippen molar-refractivity contribution in [3.63, 3.8) is 0 Å². The largest absolute Gasteiger partial charge is 0.456 e. The lowest BCUT2D eigenvalue weighted by molar-refractivity contribution is -0.148. The Morgan fingerprint density at radius 2 is 1.79 bits per heavy atom. The summed E-state index contributed by atoms with van der Waals surface area (Å²) in [5.74, 6) is -1.58. The van der Waals surface area contributed by atoms with E-state index in [-0.39, 0.29) is 35.8 Å². The van der Waals surface area contributed by atoms with Gasteiger partial charge in [-0.1, -0.05) is 25.0 Å². The molecule has 0 bridgehead atoms. The van der Waals surface area contributed by atoms with Crippen molar-refractivity contribution in [3.8, 4) is 0 Å².